The summed E-state index contributed by atoms with van der Waals surface area (Å²) in [5.74, 6) is -0.222. The Morgan fingerprint density at radius 2 is 2.04 bits per heavy atom. The summed E-state index contributed by atoms with van der Waals surface area (Å²) < 4.78 is 16.0. The van der Waals surface area contributed by atoms with Gasteiger partial charge in [0.25, 0.3) is 0 Å². The first kappa shape index (κ1) is 15.9. The number of nitrogens with zero attached hydrogens (tertiary/aromatic N) is 1. The van der Waals surface area contributed by atoms with Gasteiger partial charge in [-0.3, -0.25) is 4.79 Å². The minimum absolute atomic E-state index is 0.0481. The van der Waals surface area contributed by atoms with Crippen LogP contribution in [-0.2, 0) is 20.7 Å². The average Bonchev–Trinajstić information content (AvgIpc) is 2.55. The van der Waals surface area contributed by atoms with Crippen LogP contribution >= 0.6 is 11.6 Å². The van der Waals surface area contributed by atoms with Gasteiger partial charge in [0.05, 0.1) is 24.6 Å². The van der Waals surface area contributed by atoms with Gasteiger partial charge in [-0.25, -0.2) is 4.79 Å². The molecule has 1 amide bonds. The third-order valence-electron chi connectivity index (χ3n) is 3.71. The highest BCUT2D eigenvalue weighted by molar-refractivity contribution is 6.32. The molecule has 3 rings (SSSR count). The lowest BCUT2D eigenvalue weighted by molar-refractivity contribution is -0.159. The average molecular weight is 342 g/mol. The van der Waals surface area contributed by atoms with E-state index in [0.717, 1.165) is 0 Å². The van der Waals surface area contributed by atoms with Crippen molar-refractivity contribution in [3.63, 3.8) is 0 Å². The van der Waals surface area contributed by atoms with E-state index in [2.05, 4.69) is 0 Å². The van der Waals surface area contributed by atoms with Crippen molar-refractivity contribution < 1.29 is 28.9 Å². The van der Waals surface area contributed by atoms with Crippen LogP contribution in [0.5, 0.6) is 11.5 Å². The van der Waals surface area contributed by atoms with E-state index in [4.69, 9.17) is 30.9 Å². The summed E-state index contributed by atoms with van der Waals surface area (Å²) in [6.45, 7) is 1.51. The van der Waals surface area contributed by atoms with Crippen molar-refractivity contribution in [2.24, 2.45) is 0 Å². The van der Waals surface area contributed by atoms with Gasteiger partial charge in [-0.2, -0.15) is 0 Å². The zero-order chi connectivity index (χ0) is 16.4. The Morgan fingerprint density at radius 1 is 1.26 bits per heavy atom. The molecule has 23 heavy (non-hydrogen) atoms. The summed E-state index contributed by atoms with van der Waals surface area (Å²) in [6, 6.07) is 3.40. The first-order valence-electron chi connectivity index (χ1n) is 7.25. The summed E-state index contributed by atoms with van der Waals surface area (Å²) in [7, 11) is 0. The van der Waals surface area contributed by atoms with Gasteiger partial charge < -0.3 is 24.2 Å². The number of hydrogen-bond donors (Lipinski definition) is 1. The Morgan fingerprint density at radius 3 is 2.83 bits per heavy atom. The van der Waals surface area contributed by atoms with Crippen LogP contribution in [0.4, 0.5) is 0 Å². The van der Waals surface area contributed by atoms with Crippen LogP contribution in [0.1, 0.15) is 5.56 Å². The van der Waals surface area contributed by atoms with Crippen LogP contribution < -0.4 is 9.47 Å². The van der Waals surface area contributed by atoms with E-state index in [1.54, 1.807) is 12.1 Å². The molecule has 0 saturated carbocycles. The van der Waals surface area contributed by atoms with E-state index < -0.39 is 12.1 Å². The highest BCUT2D eigenvalue weighted by Crippen LogP contribution is 2.38. The first-order valence-corrected chi connectivity index (χ1v) is 7.62. The normalized spacial score (nSPS) is 20.2. The van der Waals surface area contributed by atoms with Gasteiger partial charge in [0.2, 0.25) is 5.91 Å². The van der Waals surface area contributed by atoms with Crippen LogP contribution in [0.3, 0.4) is 0 Å². The largest absolute Gasteiger partial charge is 0.486 e. The van der Waals surface area contributed by atoms with Crippen molar-refractivity contribution in [1.29, 1.82) is 0 Å². The number of aliphatic carboxylic acids is 1. The van der Waals surface area contributed by atoms with E-state index in [1.807, 2.05) is 0 Å². The number of rotatable bonds is 3. The molecule has 8 heteroatoms. The molecule has 1 N–H and O–H groups in total. The molecule has 0 spiro atoms. The molecule has 2 aliphatic heterocycles. The molecular formula is C15H16ClNO6. The number of morpholine rings is 1. The van der Waals surface area contributed by atoms with Gasteiger partial charge in [0.15, 0.2) is 17.6 Å². The first-order chi connectivity index (χ1) is 11.0. The molecule has 0 aromatic heterocycles. The fourth-order valence-corrected chi connectivity index (χ4v) is 2.87. The number of carbonyl (C=O) groups is 2. The van der Waals surface area contributed by atoms with Crippen molar-refractivity contribution in [2.75, 3.05) is 32.9 Å². The second kappa shape index (κ2) is 6.64. The number of ether oxygens (including phenoxy) is 3. The van der Waals surface area contributed by atoms with Gasteiger partial charge in [-0.15, -0.1) is 0 Å². The highest BCUT2D eigenvalue weighted by atomic mass is 35.5. The van der Waals surface area contributed by atoms with Crippen LogP contribution in [0, 0.1) is 0 Å². The minimum atomic E-state index is -1.06. The minimum Gasteiger partial charge on any atom is -0.486 e. The molecule has 2 aliphatic rings. The summed E-state index contributed by atoms with van der Waals surface area (Å²) in [5.41, 5.74) is 0.697. The van der Waals surface area contributed by atoms with Crippen LogP contribution in [0.15, 0.2) is 12.1 Å². The molecule has 1 atom stereocenters. The van der Waals surface area contributed by atoms with Crippen LogP contribution in [0.25, 0.3) is 0 Å². The Bertz CT molecular complexity index is 635. The molecule has 124 valence electrons. The Hall–Kier alpha value is -1.99. The molecule has 2 heterocycles. The van der Waals surface area contributed by atoms with Crippen LogP contribution in [-0.4, -0.2) is 60.9 Å². The van der Waals surface area contributed by atoms with Gasteiger partial charge in [0.1, 0.15) is 13.2 Å². The molecule has 0 bridgehead atoms. The van der Waals surface area contributed by atoms with Crippen molar-refractivity contribution in [3.05, 3.63) is 22.7 Å². The van der Waals surface area contributed by atoms with Crippen molar-refractivity contribution in [3.8, 4) is 11.5 Å². The standard InChI is InChI=1S/C15H16ClNO6/c16-10-5-9(6-11-14(10)23-4-3-22-11)7-13(18)17-1-2-21-12(8-17)15(19)20/h5-6,12H,1-4,7-8H2,(H,19,20)/t12-/m1/s1. The number of amides is 1. The third kappa shape index (κ3) is 3.51. The highest BCUT2D eigenvalue weighted by Gasteiger charge is 2.29. The Labute approximate surface area is 137 Å². The summed E-state index contributed by atoms with van der Waals surface area (Å²) in [6.07, 6.45) is -0.862. The molecule has 1 fully saturated rings. The SMILES string of the molecule is O=C(O)[C@H]1CN(C(=O)Cc2cc(Cl)c3c(c2)OCCO3)CCO1. The zero-order valence-electron chi connectivity index (χ0n) is 12.3. The molecule has 0 unspecified atom stereocenters. The van der Waals surface area contributed by atoms with Gasteiger partial charge in [0, 0.05) is 6.54 Å². The van der Waals surface area contributed by atoms with E-state index >= 15 is 0 Å². The second-order valence-electron chi connectivity index (χ2n) is 5.32. The van der Waals surface area contributed by atoms with Crippen molar-refractivity contribution in [2.45, 2.75) is 12.5 Å². The van der Waals surface area contributed by atoms with Gasteiger partial charge in [-0.1, -0.05) is 11.6 Å². The Balaban J connectivity index is 1.70. The van der Waals surface area contributed by atoms with E-state index in [9.17, 15) is 9.59 Å². The fourth-order valence-electron chi connectivity index (χ4n) is 2.58. The number of halogens is 1. The molecular weight excluding hydrogens is 326 g/mol. The third-order valence-corrected chi connectivity index (χ3v) is 3.99. The lowest BCUT2D eigenvalue weighted by atomic mass is 10.1. The number of carbonyl (C=O) groups excluding carboxylic acids is 1. The quantitative estimate of drug-likeness (QED) is 0.881. The fraction of sp³-hybridized carbons (Fsp3) is 0.467. The zero-order valence-corrected chi connectivity index (χ0v) is 13.0. The lowest BCUT2D eigenvalue weighted by Gasteiger charge is -2.31. The number of carboxylic acid groups (broad SMARTS) is 1. The topological polar surface area (TPSA) is 85.3 Å². The van der Waals surface area contributed by atoms with Gasteiger partial charge >= 0.3 is 5.97 Å². The van der Waals surface area contributed by atoms with Crippen molar-refractivity contribution in [1.82, 2.24) is 4.90 Å². The number of fused-ring (bicyclic) bond motifs is 1. The summed E-state index contributed by atoms with van der Waals surface area (Å²) >= 11 is 6.15. The maximum atomic E-state index is 12.4. The molecule has 0 radical (unpaired) electrons. The predicted molar refractivity (Wildman–Crippen MR) is 80.1 cm³/mol. The number of hydrogen-bond acceptors (Lipinski definition) is 5. The molecule has 7 nitrogen and oxygen atoms in total. The maximum Gasteiger partial charge on any atom is 0.334 e. The predicted octanol–water partition coefficient (Wildman–Crippen LogP) is 0.966. The number of carboxylic acids is 1. The molecule has 0 aliphatic carbocycles. The van der Waals surface area contributed by atoms with E-state index in [-0.39, 0.29) is 25.5 Å². The lowest BCUT2D eigenvalue weighted by Crippen LogP contribution is -2.49. The molecule has 1 aromatic carbocycles. The van der Waals surface area contributed by atoms with Crippen LogP contribution in [0.2, 0.25) is 5.02 Å². The monoisotopic (exact) mass is 341 g/mol. The molecule has 1 aromatic rings. The molecule has 1 saturated heterocycles. The Kier molecular flexibility index (Phi) is 4.58. The van der Waals surface area contributed by atoms with E-state index in [0.29, 0.717) is 41.8 Å². The summed E-state index contributed by atoms with van der Waals surface area (Å²) in [4.78, 5) is 24.8. The van der Waals surface area contributed by atoms with Crippen molar-refractivity contribution >= 4 is 23.5 Å². The smallest absolute Gasteiger partial charge is 0.334 e. The summed E-state index contributed by atoms with van der Waals surface area (Å²) in [5, 5.41) is 9.38. The maximum absolute atomic E-state index is 12.4. The second-order valence-corrected chi connectivity index (χ2v) is 5.72. The van der Waals surface area contributed by atoms with Gasteiger partial charge in [-0.05, 0) is 17.7 Å². The number of benzene rings is 1. The van der Waals surface area contributed by atoms with E-state index in [1.165, 1.54) is 4.90 Å².